The lowest BCUT2D eigenvalue weighted by molar-refractivity contribution is 0.566. The zero-order valence-electron chi connectivity index (χ0n) is 14.9. The molecule has 0 heterocycles. The van der Waals surface area contributed by atoms with E-state index in [0.717, 1.165) is 35.2 Å². The molecule has 0 N–H and O–H groups in total. The van der Waals surface area contributed by atoms with Crippen LogP contribution in [-0.4, -0.2) is 0 Å². The molecule has 0 radical (unpaired) electrons. The van der Waals surface area contributed by atoms with E-state index in [1.165, 1.54) is 32.9 Å². The number of halogens is 5. The van der Waals surface area contributed by atoms with Crippen LogP contribution in [0.15, 0.2) is 42.5 Å². The fourth-order valence-electron chi connectivity index (χ4n) is 2.80. The quantitative estimate of drug-likeness (QED) is 0.455. The van der Waals surface area contributed by atoms with E-state index >= 15 is 0 Å². The Morgan fingerprint density at radius 3 is 1.63 bits per heavy atom. The number of benzene rings is 3. The number of hydrogen-bond donors (Lipinski definition) is 0. The molecule has 0 unspecified atom stereocenters. The van der Waals surface area contributed by atoms with Crippen LogP contribution < -0.4 is 4.90 Å². The van der Waals surface area contributed by atoms with Crippen LogP contribution in [0, 0.1) is 49.9 Å². The van der Waals surface area contributed by atoms with Crippen LogP contribution >= 0.6 is 0 Å². The normalized spacial score (nSPS) is 11.0. The van der Waals surface area contributed by atoms with Crippen molar-refractivity contribution in [1.29, 1.82) is 0 Å². The second-order valence-electron chi connectivity index (χ2n) is 6.38. The number of rotatable bonds is 3. The van der Waals surface area contributed by atoms with Gasteiger partial charge in [-0.05, 0) is 68.3 Å². The topological polar surface area (TPSA) is 3.24 Å². The molecule has 0 fully saturated rings. The molecular weight excluding hydrogens is 361 g/mol. The third kappa shape index (κ3) is 3.52. The van der Waals surface area contributed by atoms with E-state index in [4.69, 9.17) is 0 Å². The summed E-state index contributed by atoms with van der Waals surface area (Å²) in [6.07, 6.45) is 0. The molecule has 3 aromatic carbocycles. The van der Waals surface area contributed by atoms with Gasteiger partial charge in [0.1, 0.15) is 34.8 Å². The molecule has 0 aliphatic heterocycles. The molecule has 0 aromatic heterocycles. The Bertz CT molecular complexity index is 983. The molecular formula is C21H16F5N. The van der Waals surface area contributed by atoms with E-state index in [1.54, 1.807) is 0 Å². The fraction of sp³-hybridized carbons (Fsp3) is 0.143. The lowest BCUT2D eigenvalue weighted by Gasteiger charge is -2.27. The van der Waals surface area contributed by atoms with Crippen molar-refractivity contribution >= 4 is 17.1 Å². The molecule has 0 saturated heterocycles. The second kappa shape index (κ2) is 7.02. The van der Waals surface area contributed by atoms with E-state index < -0.39 is 34.8 Å². The smallest absolute Gasteiger partial charge is 0.150 e. The van der Waals surface area contributed by atoms with Crippen molar-refractivity contribution < 1.29 is 22.0 Å². The number of anilines is 3. The minimum atomic E-state index is -0.935. The highest BCUT2D eigenvalue weighted by Crippen LogP contribution is 2.39. The first-order valence-electron chi connectivity index (χ1n) is 8.16. The van der Waals surface area contributed by atoms with Crippen molar-refractivity contribution in [3.05, 3.63) is 88.2 Å². The molecule has 0 atom stereocenters. The largest absolute Gasteiger partial charge is 0.305 e. The van der Waals surface area contributed by atoms with Crippen molar-refractivity contribution in [2.75, 3.05) is 4.90 Å². The highest BCUT2D eigenvalue weighted by atomic mass is 19.1. The monoisotopic (exact) mass is 377 g/mol. The molecule has 140 valence electrons. The molecule has 0 spiro atoms. The summed E-state index contributed by atoms with van der Waals surface area (Å²) in [6, 6.07) is 8.00. The van der Waals surface area contributed by atoms with Crippen LogP contribution in [0.5, 0.6) is 0 Å². The van der Waals surface area contributed by atoms with Crippen LogP contribution in [-0.2, 0) is 0 Å². The first-order chi connectivity index (χ1) is 12.7. The second-order valence-corrected chi connectivity index (χ2v) is 6.38. The summed E-state index contributed by atoms with van der Waals surface area (Å²) in [5.74, 6) is -4.24. The predicted molar refractivity (Wildman–Crippen MR) is 95.1 cm³/mol. The maximum atomic E-state index is 14.6. The molecule has 6 heteroatoms. The average Bonchev–Trinajstić information content (AvgIpc) is 2.58. The van der Waals surface area contributed by atoms with Gasteiger partial charge in [-0.15, -0.1) is 0 Å². The summed E-state index contributed by atoms with van der Waals surface area (Å²) < 4.78 is 71.6. The first kappa shape index (κ1) is 18.9. The van der Waals surface area contributed by atoms with Crippen LogP contribution in [0.25, 0.3) is 0 Å². The highest BCUT2D eigenvalue weighted by Gasteiger charge is 2.23. The van der Waals surface area contributed by atoms with E-state index in [-0.39, 0.29) is 16.9 Å². The van der Waals surface area contributed by atoms with Gasteiger partial charge in [0.15, 0.2) is 0 Å². The van der Waals surface area contributed by atoms with Gasteiger partial charge in [-0.2, -0.15) is 0 Å². The Hall–Kier alpha value is -2.89. The van der Waals surface area contributed by atoms with E-state index in [0.29, 0.717) is 11.1 Å². The summed E-state index contributed by atoms with van der Waals surface area (Å²) in [4.78, 5) is 0.957. The van der Waals surface area contributed by atoms with Crippen LogP contribution in [0.3, 0.4) is 0 Å². The summed E-state index contributed by atoms with van der Waals surface area (Å²) in [6.45, 7) is 4.29. The number of hydrogen-bond acceptors (Lipinski definition) is 1. The summed E-state index contributed by atoms with van der Waals surface area (Å²) >= 11 is 0. The zero-order chi connectivity index (χ0) is 19.9. The minimum Gasteiger partial charge on any atom is -0.305 e. The lowest BCUT2D eigenvalue weighted by Crippen LogP contribution is -2.15. The van der Waals surface area contributed by atoms with E-state index in [9.17, 15) is 22.0 Å². The zero-order valence-corrected chi connectivity index (χ0v) is 14.9. The summed E-state index contributed by atoms with van der Waals surface area (Å²) in [5.41, 5.74) is -0.247. The van der Waals surface area contributed by atoms with Gasteiger partial charge in [0.25, 0.3) is 0 Å². The Morgan fingerprint density at radius 2 is 1.11 bits per heavy atom. The van der Waals surface area contributed by atoms with Gasteiger partial charge in [-0.3, -0.25) is 0 Å². The molecule has 0 amide bonds. The van der Waals surface area contributed by atoms with Crippen molar-refractivity contribution in [3.8, 4) is 0 Å². The van der Waals surface area contributed by atoms with Crippen molar-refractivity contribution in [3.63, 3.8) is 0 Å². The molecule has 3 rings (SSSR count). The van der Waals surface area contributed by atoms with Gasteiger partial charge < -0.3 is 4.90 Å². The van der Waals surface area contributed by atoms with Crippen molar-refractivity contribution in [1.82, 2.24) is 0 Å². The van der Waals surface area contributed by atoms with E-state index in [1.807, 2.05) is 0 Å². The maximum absolute atomic E-state index is 14.6. The summed E-state index contributed by atoms with van der Waals surface area (Å²) in [7, 11) is 0. The Balaban J connectivity index is 2.32. The third-order valence-electron chi connectivity index (χ3n) is 4.32. The SMILES string of the molecule is Cc1cc(F)c(N(c2ccc(C)c(F)c2)c2cc(F)c(C)c(F)c2)c(F)c1. The van der Waals surface area contributed by atoms with Gasteiger partial charge in [0.05, 0.1) is 5.69 Å². The molecule has 0 bridgehead atoms. The molecule has 27 heavy (non-hydrogen) atoms. The van der Waals surface area contributed by atoms with E-state index in [2.05, 4.69) is 0 Å². The van der Waals surface area contributed by atoms with Crippen LogP contribution in [0.4, 0.5) is 39.0 Å². The lowest BCUT2D eigenvalue weighted by atomic mass is 10.1. The van der Waals surface area contributed by atoms with Gasteiger partial charge in [0.2, 0.25) is 0 Å². The Kier molecular flexibility index (Phi) is 4.91. The van der Waals surface area contributed by atoms with Crippen LogP contribution in [0.2, 0.25) is 0 Å². The number of nitrogens with zero attached hydrogens (tertiary/aromatic N) is 1. The molecule has 3 aromatic rings. The Morgan fingerprint density at radius 1 is 0.593 bits per heavy atom. The minimum absolute atomic E-state index is 0.0300. The van der Waals surface area contributed by atoms with Gasteiger partial charge in [-0.25, -0.2) is 22.0 Å². The molecule has 1 nitrogen and oxygen atoms in total. The fourth-order valence-corrected chi connectivity index (χ4v) is 2.80. The molecule has 0 aliphatic rings. The highest BCUT2D eigenvalue weighted by molar-refractivity contribution is 5.77. The Labute approximate surface area is 153 Å². The van der Waals surface area contributed by atoms with Gasteiger partial charge >= 0.3 is 0 Å². The van der Waals surface area contributed by atoms with Crippen LogP contribution in [0.1, 0.15) is 16.7 Å². The molecule has 0 aliphatic carbocycles. The molecule has 0 saturated carbocycles. The average molecular weight is 377 g/mol. The number of aryl methyl sites for hydroxylation is 2. The third-order valence-corrected chi connectivity index (χ3v) is 4.32. The predicted octanol–water partition coefficient (Wildman–Crippen LogP) is 6.78. The standard InChI is InChI=1S/C21H16F5N/c1-11-6-19(25)21(20(26)7-11)27(14-5-4-12(2)16(22)8-14)15-9-17(23)13(3)18(24)10-15/h4-10H,1-3H3. The first-order valence-corrected chi connectivity index (χ1v) is 8.16. The van der Waals surface area contributed by atoms with Crippen molar-refractivity contribution in [2.45, 2.75) is 20.8 Å². The van der Waals surface area contributed by atoms with Gasteiger partial charge in [-0.1, -0.05) is 6.07 Å². The van der Waals surface area contributed by atoms with Gasteiger partial charge in [0, 0.05) is 11.3 Å². The van der Waals surface area contributed by atoms with Crippen molar-refractivity contribution in [2.24, 2.45) is 0 Å². The summed E-state index contributed by atoms with van der Waals surface area (Å²) in [5, 5.41) is 0. The maximum Gasteiger partial charge on any atom is 0.150 e.